The summed E-state index contributed by atoms with van der Waals surface area (Å²) in [6, 6.07) is -1.55. The number of hydrogen-bond donors (Lipinski definition) is 3. The molecule has 2 fully saturated rings. The molecule has 0 aromatic heterocycles. The topological polar surface area (TPSA) is 107 Å². The number of cyclic esters (lactones) is 1. The van der Waals surface area contributed by atoms with Gasteiger partial charge in [-0.05, 0) is 6.92 Å². The number of aliphatic hydroxyl groups excluding tert-OH is 3. The SMILES string of the molecule is CC(=O)C[C@@H]1[C@H](O)[C@@H](O)[C@H](O)[C@H]2COC(=O)N12. The second kappa shape index (κ2) is 4.25. The number of carbonyl (C=O) groups excluding carboxylic acids is 2. The molecule has 0 unspecified atom stereocenters. The second-order valence-corrected chi connectivity index (χ2v) is 4.50. The van der Waals surface area contributed by atoms with E-state index in [1.807, 2.05) is 0 Å². The number of hydrogen-bond acceptors (Lipinski definition) is 6. The molecule has 2 rings (SSSR count). The fraction of sp³-hybridized carbons (Fsp3) is 0.800. The van der Waals surface area contributed by atoms with E-state index >= 15 is 0 Å². The molecular formula is C10H15NO6. The molecule has 2 saturated heterocycles. The third-order valence-corrected chi connectivity index (χ3v) is 3.29. The van der Waals surface area contributed by atoms with Gasteiger partial charge in [0.1, 0.15) is 30.7 Å². The van der Waals surface area contributed by atoms with Crippen molar-refractivity contribution in [1.29, 1.82) is 0 Å². The number of rotatable bonds is 2. The van der Waals surface area contributed by atoms with Crippen LogP contribution in [0.5, 0.6) is 0 Å². The molecule has 5 atom stereocenters. The van der Waals surface area contributed by atoms with Crippen LogP contribution in [0.3, 0.4) is 0 Å². The summed E-state index contributed by atoms with van der Waals surface area (Å²) >= 11 is 0. The van der Waals surface area contributed by atoms with Crippen LogP contribution in [0, 0.1) is 0 Å². The third kappa shape index (κ3) is 1.90. The van der Waals surface area contributed by atoms with E-state index in [-0.39, 0.29) is 18.8 Å². The number of aliphatic hydroxyl groups is 3. The van der Waals surface area contributed by atoms with E-state index in [0.717, 1.165) is 4.90 Å². The average molecular weight is 245 g/mol. The van der Waals surface area contributed by atoms with Crippen LogP contribution in [-0.4, -0.2) is 69.1 Å². The van der Waals surface area contributed by atoms with Crippen molar-refractivity contribution >= 4 is 11.9 Å². The maximum absolute atomic E-state index is 11.5. The van der Waals surface area contributed by atoms with Gasteiger partial charge in [0.05, 0.1) is 12.1 Å². The van der Waals surface area contributed by atoms with Gasteiger partial charge in [-0.1, -0.05) is 0 Å². The van der Waals surface area contributed by atoms with Crippen LogP contribution < -0.4 is 0 Å². The minimum atomic E-state index is -1.38. The van der Waals surface area contributed by atoms with Crippen molar-refractivity contribution in [1.82, 2.24) is 4.90 Å². The highest BCUT2D eigenvalue weighted by molar-refractivity contribution is 5.78. The molecule has 2 heterocycles. The van der Waals surface area contributed by atoms with Crippen LogP contribution in [0.15, 0.2) is 0 Å². The van der Waals surface area contributed by atoms with Crippen LogP contribution >= 0.6 is 0 Å². The van der Waals surface area contributed by atoms with Crippen molar-refractivity contribution in [3.05, 3.63) is 0 Å². The monoisotopic (exact) mass is 245 g/mol. The van der Waals surface area contributed by atoms with E-state index in [9.17, 15) is 24.9 Å². The van der Waals surface area contributed by atoms with Gasteiger partial charge in [0, 0.05) is 6.42 Å². The summed E-state index contributed by atoms with van der Waals surface area (Å²) in [5.74, 6) is -0.212. The highest BCUT2D eigenvalue weighted by Crippen LogP contribution is 2.31. The van der Waals surface area contributed by atoms with Gasteiger partial charge in [0.2, 0.25) is 0 Å². The maximum atomic E-state index is 11.5. The average Bonchev–Trinajstić information content (AvgIpc) is 2.63. The Labute approximate surface area is 97.6 Å². The van der Waals surface area contributed by atoms with Gasteiger partial charge in [-0.2, -0.15) is 0 Å². The Morgan fingerprint density at radius 1 is 1.35 bits per heavy atom. The predicted molar refractivity (Wildman–Crippen MR) is 54.1 cm³/mol. The van der Waals surface area contributed by atoms with Crippen LogP contribution in [-0.2, 0) is 9.53 Å². The standard InChI is InChI=1S/C10H15NO6/c1-4(12)2-5-7(13)9(15)8(14)6-3-17-10(16)11(5)6/h5-9,13-15H,2-3H2,1H3/t5-,6-,7+,8-,9-/m1/s1. The zero-order valence-electron chi connectivity index (χ0n) is 9.31. The van der Waals surface area contributed by atoms with Gasteiger partial charge in [0.15, 0.2) is 0 Å². The molecule has 17 heavy (non-hydrogen) atoms. The number of piperidine rings is 1. The van der Waals surface area contributed by atoms with E-state index in [1.54, 1.807) is 0 Å². The first-order valence-electron chi connectivity index (χ1n) is 5.42. The van der Waals surface area contributed by atoms with Crippen LogP contribution in [0.2, 0.25) is 0 Å². The number of nitrogens with zero attached hydrogens (tertiary/aromatic N) is 1. The highest BCUT2D eigenvalue weighted by atomic mass is 16.6. The fourth-order valence-electron chi connectivity index (χ4n) is 2.43. The summed E-state index contributed by atoms with van der Waals surface area (Å²) in [6.45, 7) is 1.29. The van der Waals surface area contributed by atoms with Crippen molar-refractivity contribution in [2.45, 2.75) is 43.7 Å². The Hall–Kier alpha value is -1.18. The smallest absolute Gasteiger partial charge is 0.410 e. The molecular weight excluding hydrogens is 230 g/mol. The van der Waals surface area contributed by atoms with Gasteiger partial charge in [-0.25, -0.2) is 4.79 Å². The quantitative estimate of drug-likeness (QED) is 0.532. The molecule has 2 aliphatic heterocycles. The summed E-state index contributed by atoms with van der Waals surface area (Å²) in [4.78, 5) is 23.7. The van der Waals surface area contributed by atoms with Crippen LogP contribution in [0.25, 0.3) is 0 Å². The number of carbonyl (C=O) groups is 2. The lowest BCUT2D eigenvalue weighted by molar-refractivity contribution is -0.147. The number of ether oxygens (including phenoxy) is 1. The maximum Gasteiger partial charge on any atom is 0.410 e. The predicted octanol–water partition coefficient (Wildman–Crippen LogP) is -1.75. The first-order chi connectivity index (χ1) is 7.93. The van der Waals surface area contributed by atoms with Crippen molar-refractivity contribution in [3.8, 4) is 0 Å². The molecule has 96 valence electrons. The lowest BCUT2D eigenvalue weighted by atomic mass is 9.87. The lowest BCUT2D eigenvalue weighted by Gasteiger charge is -2.43. The van der Waals surface area contributed by atoms with Crippen molar-refractivity contribution in [2.75, 3.05) is 6.61 Å². The van der Waals surface area contributed by atoms with Gasteiger partial charge in [-0.3, -0.25) is 9.69 Å². The van der Waals surface area contributed by atoms with E-state index in [4.69, 9.17) is 4.74 Å². The molecule has 0 bridgehead atoms. The van der Waals surface area contributed by atoms with Gasteiger partial charge in [0.25, 0.3) is 0 Å². The number of amides is 1. The molecule has 3 N–H and O–H groups in total. The molecule has 7 nitrogen and oxygen atoms in total. The number of fused-ring (bicyclic) bond motifs is 1. The highest BCUT2D eigenvalue weighted by Gasteiger charge is 2.53. The molecule has 0 saturated carbocycles. The Balaban J connectivity index is 2.28. The van der Waals surface area contributed by atoms with E-state index in [2.05, 4.69) is 0 Å². The summed E-state index contributed by atoms with van der Waals surface area (Å²) in [5.41, 5.74) is 0. The van der Waals surface area contributed by atoms with E-state index in [0.29, 0.717) is 0 Å². The molecule has 0 radical (unpaired) electrons. The molecule has 2 aliphatic rings. The Morgan fingerprint density at radius 2 is 2.00 bits per heavy atom. The van der Waals surface area contributed by atoms with E-state index < -0.39 is 36.5 Å². The molecule has 1 amide bonds. The number of ketones is 1. The van der Waals surface area contributed by atoms with Crippen LogP contribution in [0.4, 0.5) is 4.79 Å². The Bertz CT molecular complexity index is 346. The summed E-state index contributed by atoms with van der Waals surface area (Å²) in [6.07, 6.45) is -4.74. The first-order valence-corrected chi connectivity index (χ1v) is 5.42. The van der Waals surface area contributed by atoms with Gasteiger partial charge >= 0.3 is 6.09 Å². The largest absolute Gasteiger partial charge is 0.447 e. The molecule has 0 aliphatic carbocycles. The molecule has 0 spiro atoms. The van der Waals surface area contributed by atoms with Gasteiger partial charge in [-0.15, -0.1) is 0 Å². The van der Waals surface area contributed by atoms with E-state index in [1.165, 1.54) is 6.92 Å². The number of Topliss-reactive ketones (excluding diaryl/α,β-unsaturated/α-hetero) is 1. The lowest BCUT2D eigenvalue weighted by Crippen LogP contribution is -2.65. The minimum absolute atomic E-state index is 0.0435. The second-order valence-electron chi connectivity index (χ2n) is 4.50. The Kier molecular flexibility index (Phi) is 3.07. The van der Waals surface area contributed by atoms with Crippen molar-refractivity contribution in [3.63, 3.8) is 0 Å². The van der Waals surface area contributed by atoms with Crippen molar-refractivity contribution < 1.29 is 29.6 Å². The third-order valence-electron chi connectivity index (χ3n) is 3.29. The van der Waals surface area contributed by atoms with Crippen molar-refractivity contribution in [2.24, 2.45) is 0 Å². The summed E-state index contributed by atoms with van der Waals surface area (Å²) in [7, 11) is 0. The Morgan fingerprint density at radius 3 is 2.59 bits per heavy atom. The zero-order chi connectivity index (χ0) is 12.7. The van der Waals surface area contributed by atoms with Crippen LogP contribution in [0.1, 0.15) is 13.3 Å². The zero-order valence-corrected chi connectivity index (χ0v) is 9.31. The summed E-state index contributed by atoms with van der Waals surface area (Å²) in [5, 5.41) is 29.2. The molecule has 0 aromatic carbocycles. The van der Waals surface area contributed by atoms with Gasteiger partial charge < -0.3 is 20.1 Å². The molecule has 0 aromatic rings. The normalized spacial score (nSPS) is 41.1. The summed E-state index contributed by atoms with van der Waals surface area (Å²) < 4.78 is 4.77. The first kappa shape index (κ1) is 12.3. The molecule has 7 heteroatoms. The minimum Gasteiger partial charge on any atom is -0.447 e. The fourth-order valence-corrected chi connectivity index (χ4v) is 2.43.